The van der Waals surface area contributed by atoms with Crippen LogP contribution in [-0.4, -0.2) is 16.8 Å². The summed E-state index contributed by atoms with van der Waals surface area (Å²) in [5.41, 5.74) is 2.82. The number of nitro benzene ring substituents is 1. The number of rotatable bonds is 8. The van der Waals surface area contributed by atoms with E-state index in [2.05, 4.69) is 11.9 Å². The van der Waals surface area contributed by atoms with Crippen LogP contribution in [-0.2, 0) is 16.0 Å². The first kappa shape index (κ1) is 19.5. The van der Waals surface area contributed by atoms with E-state index < -0.39 is 10.9 Å². The molecule has 0 spiro atoms. The Hall–Kier alpha value is -3.28. The highest BCUT2D eigenvalue weighted by Gasteiger charge is 2.24. The van der Waals surface area contributed by atoms with Gasteiger partial charge in [0.25, 0.3) is 5.69 Å². The van der Waals surface area contributed by atoms with E-state index in [4.69, 9.17) is 4.74 Å². The number of aryl methyl sites for hydroxylation is 1. The Bertz CT molecular complexity index is 913. The molecular formula is C22H22N2O4. The number of cyclic esters (lactones) is 1. The number of carbonyl (C=O) groups is 1. The van der Waals surface area contributed by atoms with Crippen molar-refractivity contribution in [3.63, 3.8) is 0 Å². The largest absolute Gasteiger partial charge is 0.402 e. The zero-order valence-electron chi connectivity index (χ0n) is 15.8. The number of hydrogen-bond donors (Lipinski definition) is 0. The number of esters is 1. The van der Waals surface area contributed by atoms with Crippen molar-refractivity contribution < 1.29 is 14.5 Å². The standard InChI is InChI=1S/C22H22N2O4/c1-2-3-4-5-6-16-7-11-18(12-8-16)21-23-20(22(25)28-21)15-17-9-13-19(14-10-17)24(26)27/h7-15H,2-6H2,1H3. The third kappa shape index (κ3) is 4.91. The molecule has 0 amide bonds. The minimum atomic E-state index is -0.531. The number of benzene rings is 2. The van der Waals surface area contributed by atoms with Crippen molar-refractivity contribution in [1.29, 1.82) is 0 Å². The van der Waals surface area contributed by atoms with Gasteiger partial charge in [-0.15, -0.1) is 0 Å². The number of hydrogen-bond acceptors (Lipinski definition) is 5. The first-order valence-corrected chi connectivity index (χ1v) is 9.43. The number of nitro groups is 1. The molecule has 0 bridgehead atoms. The van der Waals surface area contributed by atoms with Crippen LogP contribution in [0.2, 0.25) is 0 Å². The van der Waals surface area contributed by atoms with E-state index in [1.807, 2.05) is 24.3 Å². The molecular weight excluding hydrogens is 356 g/mol. The highest BCUT2D eigenvalue weighted by molar-refractivity contribution is 6.12. The van der Waals surface area contributed by atoms with E-state index in [1.165, 1.54) is 43.4 Å². The molecule has 0 radical (unpaired) electrons. The molecule has 144 valence electrons. The second kappa shape index (κ2) is 9.08. The van der Waals surface area contributed by atoms with Crippen LogP contribution in [0.4, 0.5) is 5.69 Å². The average Bonchev–Trinajstić information content (AvgIpc) is 3.06. The number of unbranched alkanes of at least 4 members (excludes halogenated alkanes) is 3. The first-order chi connectivity index (χ1) is 13.6. The molecule has 3 rings (SSSR count). The fourth-order valence-corrected chi connectivity index (χ4v) is 2.95. The molecule has 2 aromatic rings. The molecule has 0 aromatic heterocycles. The summed E-state index contributed by atoms with van der Waals surface area (Å²) in [5.74, 6) is -0.257. The summed E-state index contributed by atoms with van der Waals surface area (Å²) in [6.07, 6.45) is 7.48. The average molecular weight is 378 g/mol. The fraction of sp³-hybridized carbons (Fsp3) is 0.273. The highest BCUT2D eigenvalue weighted by atomic mass is 16.6. The lowest BCUT2D eigenvalue weighted by Crippen LogP contribution is -2.05. The molecule has 1 aliphatic heterocycles. The summed E-state index contributed by atoms with van der Waals surface area (Å²) >= 11 is 0. The lowest BCUT2D eigenvalue weighted by atomic mass is 10.0. The van der Waals surface area contributed by atoms with Gasteiger partial charge in [-0.1, -0.05) is 38.3 Å². The Balaban J connectivity index is 1.69. The van der Waals surface area contributed by atoms with Crippen molar-refractivity contribution in [2.24, 2.45) is 4.99 Å². The number of aliphatic imine (C=N–C) groups is 1. The van der Waals surface area contributed by atoms with Gasteiger partial charge in [-0.3, -0.25) is 10.1 Å². The summed E-state index contributed by atoms with van der Waals surface area (Å²) < 4.78 is 5.28. The maximum absolute atomic E-state index is 12.1. The lowest BCUT2D eigenvalue weighted by Gasteiger charge is -2.03. The SMILES string of the molecule is CCCCCCc1ccc(C2=NC(=Cc3ccc([N+](=O)[O-])cc3)C(=O)O2)cc1. The summed E-state index contributed by atoms with van der Waals surface area (Å²) in [6, 6.07) is 13.8. The van der Waals surface area contributed by atoms with Gasteiger partial charge in [0.1, 0.15) is 0 Å². The van der Waals surface area contributed by atoms with E-state index in [-0.39, 0.29) is 17.3 Å². The number of ether oxygens (including phenoxy) is 1. The van der Waals surface area contributed by atoms with E-state index in [0.29, 0.717) is 5.56 Å². The van der Waals surface area contributed by atoms with Gasteiger partial charge in [0.2, 0.25) is 5.90 Å². The second-order valence-corrected chi connectivity index (χ2v) is 6.69. The van der Waals surface area contributed by atoms with Gasteiger partial charge in [0.15, 0.2) is 5.70 Å². The molecule has 2 aromatic carbocycles. The van der Waals surface area contributed by atoms with Crippen LogP contribution in [0.1, 0.15) is 49.3 Å². The summed E-state index contributed by atoms with van der Waals surface area (Å²) in [4.78, 5) is 26.6. The maximum atomic E-state index is 12.1. The number of nitrogens with zero attached hydrogens (tertiary/aromatic N) is 2. The molecule has 1 heterocycles. The Morgan fingerprint density at radius 1 is 1.04 bits per heavy atom. The van der Waals surface area contributed by atoms with Gasteiger partial charge >= 0.3 is 5.97 Å². The molecule has 0 saturated carbocycles. The van der Waals surface area contributed by atoms with E-state index >= 15 is 0 Å². The third-order valence-corrected chi connectivity index (χ3v) is 4.55. The molecule has 0 unspecified atom stereocenters. The number of non-ortho nitro benzene ring substituents is 1. The second-order valence-electron chi connectivity index (χ2n) is 6.69. The van der Waals surface area contributed by atoms with Gasteiger partial charge in [-0.2, -0.15) is 0 Å². The molecule has 0 saturated heterocycles. The van der Waals surface area contributed by atoms with Crippen LogP contribution < -0.4 is 0 Å². The third-order valence-electron chi connectivity index (χ3n) is 4.55. The lowest BCUT2D eigenvalue weighted by molar-refractivity contribution is -0.384. The highest BCUT2D eigenvalue weighted by Crippen LogP contribution is 2.21. The van der Waals surface area contributed by atoms with E-state index in [0.717, 1.165) is 12.0 Å². The van der Waals surface area contributed by atoms with Gasteiger partial charge < -0.3 is 4.74 Å². The molecule has 6 nitrogen and oxygen atoms in total. The van der Waals surface area contributed by atoms with Gasteiger partial charge in [0, 0.05) is 17.7 Å². The van der Waals surface area contributed by atoms with Crippen molar-refractivity contribution in [2.75, 3.05) is 0 Å². The Morgan fingerprint density at radius 2 is 1.75 bits per heavy atom. The molecule has 0 N–H and O–H groups in total. The van der Waals surface area contributed by atoms with Crippen LogP contribution in [0.3, 0.4) is 0 Å². The summed E-state index contributed by atoms with van der Waals surface area (Å²) in [5, 5.41) is 10.7. The van der Waals surface area contributed by atoms with E-state index in [1.54, 1.807) is 18.2 Å². The van der Waals surface area contributed by atoms with Crippen molar-refractivity contribution >= 4 is 23.6 Å². The van der Waals surface area contributed by atoms with Crippen LogP contribution >= 0.6 is 0 Å². The van der Waals surface area contributed by atoms with Crippen molar-refractivity contribution in [3.05, 3.63) is 81.0 Å². The quantitative estimate of drug-likeness (QED) is 0.211. The molecule has 0 fully saturated rings. The fourth-order valence-electron chi connectivity index (χ4n) is 2.95. The van der Waals surface area contributed by atoms with Crippen LogP contribution in [0.15, 0.2) is 59.2 Å². The first-order valence-electron chi connectivity index (χ1n) is 9.43. The number of carbonyl (C=O) groups excluding carboxylic acids is 1. The Morgan fingerprint density at radius 3 is 2.39 bits per heavy atom. The minimum Gasteiger partial charge on any atom is -0.402 e. The minimum absolute atomic E-state index is 0.00452. The smallest absolute Gasteiger partial charge is 0.363 e. The molecule has 6 heteroatoms. The molecule has 28 heavy (non-hydrogen) atoms. The zero-order valence-corrected chi connectivity index (χ0v) is 15.8. The van der Waals surface area contributed by atoms with Gasteiger partial charge in [-0.25, -0.2) is 9.79 Å². The maximum Gasteiger partial charge on any atom is 0.363 e. The zero-order chi connectivity index (χ0) is 19.9. The summed E-state index contributed by atoms with van der Waals surface area (Å²) in [6.45, 7) is 2.20. The Kier molecular flexibility index (Phi) is 6.32. The van der Waals surface area contributed by atoms with Crippen molar-refractivity contribution in [1.82, 2.24) is 0 Å². The van der Waals surface area contributed by atoms with Crippen LogP contribution in [0, 0.1) is 10.1 Å². The molecule has 0 aliphatic carbocycles. The van der Waals surface area contributed by atoms with Gasteiger partial charge in [-0.05, 0) is 54.3 Å². The monoisotopic (exact) mass is 378 g/mol. The molecule has 0 atom stereocenters. The van der Waals surface area contributed by atoms with Crippen molar-refractivity contribution in [2.45, 2.75) is 39.0 Å². The predicted octanol–water partition coefficient (Wildman–Crippen LogP) is 5.06. The van der Waals surface area contributed by atoms with E-state index in [9.17, 15) is 14.9 Å². The van der Waals surface area contributed by atoms with Crippen molar-refractivity contribution in [3.8, 4) is 0 Å². The Labute approximate surface area is 163 Å². The van der Waals surface area contributed by atoms with Crippen LogP contribution in [0.5, 0.6) is 0 Å². The topological polar surface area (TPSA) is 81.8 Å². The summed E-state index contributed by atoms with van der Waals surface area (Å²) in [7, 11) is 0. The van der Waals surface area contributed by atoms with Gasteiger partial charge in [0.05, 0.1) is 4.92 Å². The normalized spacial score (nSPS) is 14.8. The molecule has 1 aliphatic rings. The predicted molar refractivity (Wildman–Crippen MR) is 108 cm³/mol. The van der Waals surface area contributed by atoms with Crippen LogP contribution in [0.25, 0.3) is 6.08 Å².